The lowest BCUT2D eigenvalue weighted by molar-refractivity contribution is 0.403. The molecule has 0 rings (SSSR count). The van der Waals surface area contributed by atoms with Crippen LogP contribution in [0.2, 0.25) is 0 Å². The molecule has 0 aliphatic rings. The third-order valence-corrected chi connectivity index (χ3v) is 1.42. The first-order valence-electron chi connectivity index (χ1n) is 3.31. The summed E-state index contributed by atoms with van der Waals surface area (Å²) in [6, 6.07) is 0. The third-order valence-electron chi connectivity index (χ3n) is 1.42. The second kappa shape index (κ2) is 4.50. The molecule has 0 amide bonds. The lowest BCUT2D eigenvalue weighted by Crippen LogP contribution is -2.23. The molecule has 9 heavy (non-hydrogen) atoms. The molecule has 0 aliphatic heterocycles. The maximum absolute atomic E-state index is 4.05. The van der Waals surface area contributed by atoms with Gasteiger partial charge in [-0.1, -0.05) is 6.92 Å². The van der Waals surface area contributed by atoms with Crippen molar-refractivity contribution in [3.05, 3.63) is 0 Å². The van der Waals surface area contributed by atoms with Crippen LogP contribution in [0, 0.1) is 0 Å². The number of aliphatic imine (C=N–C) groups is 1. The lowest BCUT2D eigenvalue weighted by Gasteiger charge is -2.12. The van der Waals surface area contributed by atoms with Crippen molar-refractivity contribution >= 4 is 5.71 Å². The maximum Gasteiger partial charge on any atom is 0.0357 e. The highest BCUT2D eigenvalue weighted by atomic mass is 15.1. The van der Waals surface area contributed by atoms with Crippen molar-refractivity contribution in [3.8, 4) is 0 Å². The zero-order valence-corrected chi connectivity index (χ0v) is 6.81. The molecule has 54 valence electrons. The fraction of sp³-hybridized carbons (Fsp3) is 0.857. The van der Waals surface area contributed by atoms with Gasteiger partial charge in [-0.15, -0.1) is 0 Å². The molecule has 0 aromatic carbocycles. The van der Waals surface area contributed by atoms with Crippen molar-refractivity contribution in [3.63, 3.8) is 0 Å². The van der Waals surface area contributed by atoms with E-state index in [0.717, 1.165) is 13.1 Å². The largest absolute Gasteiger partial charge is 0.301 e. The van der Waals surface area contributed by atoms with Crippen molar-refractivity contribution in [2.24, 2.45) is 4.99 Å². The predicted octanol–water partition coefficient (Wildman–Crippen LogP) is 1.03. The van der Waals surface area contributed by atoms with Gasteiger partial charge in [0, 0.05) is 19.3 Å². The summed E-state index contributed by atoms with van der Waals surface area (Å²) in [7, 11) is 3.92. The van der Waals surface area contributed by atoms with E-state index in [4.69, 9.17) is 0 Å². The Morgan fingerprint density at radius 2 is 2.11 bits per heavy atom. The number of hydrogen-bond donors (Lipinski definition) is 0. The summed E-state index contributed by atoms with van der Waals surface area (Å²) in [6.07, 6.45) is 0. The fourth-order valence-electron chi connectivity index (χ4n) is 0.573. The Morgan fingerprint density at radius 3 is 2.44 bits per heavy atom. The Kier molecular flexibility index (Phi) is 4.32. The average molecular weight is 128 g/mol. The molecule has 0 aliphatic carbocycles. The molecule has 2 nitrogen and oxygen atoms in total. The SMILES string of the molecule is CCN(C)CC(C)=NC. The van der Waals surface area contributed by atoms with Crippen molar-refractivity contribution in [1.29, 1.82) is 0 Å². The van der Waals surface area contributed by atoms with Crippen LogP contribution in [0.3, 0.4) is 0 Å². The van der Waals surface area contributed by atoms with Gasteiger partial charge in [0.25, 0.3) is 0 Å². The highest BCUT2D eigenvalue weighted by Gasteiger charge is 1.93. The summed E-state index contributed by atoms with van der Waals surface area (Å²) in [6.45, 7) is 6.27. The quantitative estimate of drug-likeness (QED) is 0.518. The Balaban J connectivity index is 3.47. The minimum absolute atomic E-state index is 0.993. The van der Waals surface area contributed by atoms with Crippen LogP contribution in [-0.2, 0) is 0 Å². The third kappa shape index (κ3) is 4.15. The van der Waals surface area contributed by atoms with Gasteiger partial charge < -0.3 is 4.90 Å². The molecule has 0 atom stereocenters. The molecule has 0 aromatic rings. The van der Waals surface area contributed by atoms with Crippen LogP contribution in [-0.4, -0.2) is 37.8 Å². The van der Waals surface area contributed by atoms with E-state index in [-0.39, 0.29) is 0 Å². The van der Waals surface area contributed by atoms with E-state index in [2.05, 4.69) is 23.9 Å². The van der Waals surface area contributed by atoms with Gasteiger partial charge in [0.05, 0.1) is 0 Å². The molecule has 0 radical (unpaired) electrons. The zero-order chi connectivity index (χ0) is 7.28. The van der Waals surface area contributed by atoms with Gasteiger partial charge in [-0.2, -0.15) is 0 Å². The first-order valence-corrected chi connectivity index (χ1v) is 3.31. The van der Waals surface area contributed by atoms with E-state index in [0.29, 0.717) is 0 Å². The molecule has 0 saturated carbocycles. The first-order chi connectivity index (χ1) is 4.20. The smallest absolute Gasteiger partial charge is 0.0357 e. The number of hydrogen-bond acceptors (Lipinski definition) is 2. The summed E-state index contributed by atoms with van der Waals surface area (Å²) in [5.74, 6) is 0. The van der Waals surface area contributed by atoms with Crippen molar-refractivity contribution in [1.82, 2.24) is 4.90 Å². The van der Waals surface area contributed by atoms with Gasteiger partial charge in [0.2, 0.25) is 0 Å². The van der Waals surface area contributed by atoms with Crippen LogP contribution in [0.25, 0.3) is 0 Å². The number of rotatable bonds is 3. The van der Waals surface area contributed by atoms with Gasteiger partial charge in [-0.05, 0) is 20.5 Å². The zero-order valence-electron chi connectivity index (χ0n) is 6.81. The van der Waals surface area contributed by atoms with E-state index in [9.17, 15) is 0 Å². The molecule has 0 aromatic heterocycles. The molecule has 0 fully saturated rings. The van der Waals surface area contributed by atoms with Crippen LogP contribution in [0.4, 0.5) is 0 Å². The van der Waals surface area contributed by atoms with Gasteiger partial charge in [-0.25, -0.2) is 0 Å². The van der Waals surface area contributed by atoms with Gasteiger partial charge >= 0.3 is 0 Å². The summed E-state index contributed by atoms with van der Waals surface area (Å²) >= 11 is 0. The topological polar surface area (TPSA) is 15.6 Å². The Labute approximate surface area is 57.6 Å². The molecular weight excluding hydrogens is 112 g/mol. The molecule has 0 bridgehead atoms. The van der Waals surface area contributed by atoms with E-state index < -0.39 is 0 Å². The molecule has 0 N–H and O–H groups in total. The molecular formula is C7H16N2. The predicted molar refractivity (Wildman–Crippen MR) is 42.2 cm³/mol. The number of nitrogens with zero attached hydrogens (tertiary/aromatic N) is 2. The first kappa shape index (κ1) is 8.63. The lowest BCUT2D eigenvalue weighted by atomic mass is 10.4. The van der Waals surface area contributed by atoms with Gasteiger partial charge in [-0.3, -0.25) is 4.99 Å². The molecule has 0 unspecified atom stereocenters. The summed E-state index contributed by atoms with van der Waals surface area (Å²) in [5.41, 5.74) is 1.19. The Hall–Kier alpha value is -0.370. The van der Waals surface area contributed by atoms with E-state index >= 15 is 0 Å². The highest BCUT2D eigenvalue weighted by molar-refractivity contribution is 5.83. The Bertz CT molecular complexity index is 97.1. The highest BCUT2D eigenvalue weighted by Crippen LogP contribution is 1.82. The standard InChI is InChI=1S/C7H16N2/c1-5-9(4)6-7(2)8-3/h5-6H2,1-4H3. The minimum atomic E-state index is 0.993. The summed E-state index contributed by atoms with van der Waals surface area (Å²) in [4.78, 5) is 6.28. The minimum Gasteiger partial charge on any atom is -0.301 e. The second-order valence-corrected chi connectivity index (χ2v) is 2.29. The van der Waals surface area contributed by atoms with Gasteiger partial charge in [0.1, 0.15) is 0 Å². The summed E-state index contributed by atoms with van der Waals surface area (Å²) in [5, 5.41) is 0. The van der Waals surface area contributed by atoms with Crippen molar-refractivity contribution in [2.75, 3.05) is 27.2 Å². The van der Waals surface area contributed by atoms with Crippen LogP contribution in [0.5, 0.6) is 0 Å². The molecule has 2 heteroatoms. The average Bonchev–Trinajstić information content (AvgIpc) is 1.87. The second-order valence-electron chi connectivity index (χ2n) is 2.29. The molecule has 0 heterocycles. The van der Waals surface area contributed by atoms with Crippen molar-refractivity contribution in [2.45, 2.75) is 13.8 Å². The molecule has 0 spiro atoms. The van der Waals surface area contributed by atoms with Crippen molar-refractivity contribution < 1.29 is 0 Å². The maximum atomic E-state index is 4.05. The molecule has 0 saturated heterocycles. The van der Waals surface area contributed by atoms with Crippen LogP contribution in [0.1, 0.15) is 13.8 Å². The van der Waals surface area contributed by atoms with Crippen LogP contribution < -0.4 is 0 Å². The fourth-order valence-corrected chi connectivity index (χ4v) is 0.573. The summed E-state index contributed by atoms with van der Waals surface area (Å²) < 4.78 is 0. The Morgan fingerprint density at radius 1 is 1.56 bits per heavy atom. The van der Waals surface area contributed by atoms with Crippen LogP contribution in [0.15, 0.2) is 4.99 Å². The monoisotopic (exact) mass is 128 g/mol. The normalized spacial score (nSPS) is 12.8. The van der Waals surface area contributed by atoms with E-state index in [1.165, 1.54) is 5.71 Å². The van der Waals surface area contributed by atoms with E-state index in [1.54, 1.807) is 0 Å². The van der Waals surface area contributed by atoms with E-state index in [1.807, 2.05) is 14.0 Å². The van der Waals surface area contributed by atoms with Crippen LogP contribution >= 0.6 is 0 Å². The van der Waals surface area contributed by atoms with Gasteiger partial charge in [0.15, 0.2) is 0 Å².